The van der Waals surface area contributed by atoms with Crippen LogP contribution in [0.3, 0.4) is 0 Å². The molecule has 1 aliphatic rings. The van der Waals surface area contributed by atoms with Gasteiger partial charge in [-0.1, -0.05) is 35.0 Å². The molecule has 0 amide bonds. The SMILES string of the molecule is CCC1CN(c2ccc3cc(Br)ccc3c2)CCCN1. The first kappa shape index (κ1) is 13.9. The first-order valence-electron chi connectivity index (χ1n) is 7.44. The number of benzene rings is 2. The van der Waals surface area contributed by atoms with Crippen molar-refractivity contribution in [1.82, 2.24) is 5.32 Å². The molecule has 1 aliphatic heterocycles. The average molecular weight is 333 g/mol. The maximum absolute atomic E-state index is 3.63. The molecule has 1 fully saturated rings. The molecule has 2 nitrogen and oxygen atoms in total. The van der Waals surface area contributed by atoms with Crippen LogP contribution in [0.25, 0.3) is 10.8 Å². The summed E-state index contributed by atoms with van der Waals surface area (Å²) >= 11 is 3.54. The third-order valence-electron chi connectivity index (χ3n) is 4.12. The summed E-state index contributed by atoms with van der Waals surface area (Å²) in [6.45, 7) is 5.65. The largest absolute Gasteiger partial charge is 0.370 e. The predicted molar refractivity (Wildman–Crippen MR) is 90.6 cm³/mol. The normalized spacial score (nSPS) is 20.1. The summed E-state index contributed by atoms with van der Waals surface area (Å²) in [7, 11) is 0. The molecular formula is C17H21BrN2. The molecule has 0 saturated carbocycles. The van der Waals surface area contributed by atoms with E-state index >= 15 is 0 Å². The minimum Gasteiger partial charge on any atom is -0.370 e. The molecule has 1 N–H and O–H groups in total. The fraction of sp³-hybridized carbons (Fsp3) is 0.412. The summed E-state index contributed by atoms with van der Waals surface area (Å²) in [6.07, 6.45) is 2.41. The van der Waals surface area contributed by atoms with Crippen LogP contribution in [-0.2, 0) is 0 Å². The number of halogens is 1. The Kier molecular flexibility index (Phi) is 4.27. The highest BCUT2D eigenvalue weighted by Crippen LogP contribution is 2.25. The minimum absolute atomic E-state index is 0.609. The number of anilines is 1. The zero-order valence-corrected chi connectivity index (χ0v) is 13.5. The average Bonchev–Trinajstić information content (AvgIpc) is 2.72. The third-order valence-corrected chi connectivity index (χ3v) is 4.62. The summed E-state index contributed by atoms with van der Waals surface area (Å²) in [4.78, 5) is 2.52. The van der Waals surface area contributed by atoms with Gasteiger partial charge in [-0.25, -0.2) is 0 Å². The van der Waals surface area contributed by atoms with Crippen LogP contribution in [0.4, 0.5) is 5.69 Å². The molecule has 3 rings (SSSR count). The Morgan fingerprint density at radius 3 is 2.85 bits per heavy atom. The maximum atomic E-state index is 3.63. The lowest BCUT2D eigenvalue weighted by atomic mass is 10.1. The van der Waals surface area contributed by atoms with Crippen LogP contribution in [0.2, 0.25) is 0 Å². The van der Waals surface area contributed by atoms with Crippen molar-refractivity contribution in [3.8, 4) is 0 Å². The van der Waals surface area contributed by atoms with Gasteiger partial charge in [0.1, 0.15) is 0 Å². The molecule has 2 aromatic rings. The monoisotopic (exact) mass is 332 g/mol. The molecule has 2 aromatic carbocycles. The van der Waals surface area contributed by atoms with Crippen LogP contribution in [-0.4, -0.2) is 25.7 Å². The van der Waals surface area contributed by atoms with E-state index in [0.29, 0.717) is 6.04 Å². The highest BCUT2D eigenvalue weighted by Gasteiger charge is 2.16. The molecule has 1 atom stereocenters. The lowest BCUT2D eigenvalue weighted by molar-refractivity contribution is 0.528. The Bertz CT molecular complexity index is 597. The van der Waals surface area contributed by atoms with Crippen LogP contribution in [0.15, 0.2) is 40.9 Å². The zero-order valence-electron chi connectivity index (χ0n) is 11.9. The fourth-order valence-electron chi connectivity index (χ4n) is 2.91. The van der Waals surface area contributed by atoms with Crippen molar-refractivity contribution in [2.24, 2.45) is 0 Å². The Hall–Kier alpha value is -1.06. The number of fused-ring (bicyclic) bond motifs is 1. The van der Waals surface area contributed by atoms with Crippen molar-refractivity contribution in [3.63, 3.8) is 0 Å². The maximum Gasteiger partial charge on any atom is 0.0373 e. The van der Waals surface area contributed by atoms with E-state index in [1.165, 1.54) is 29.3 Å². The van der Waals surface area contributed by atoms with Gasteiger partial charge >= 0.3 is 0 Å². The van der Waals surface area contributed by atoms with Gasteiger partial charge in [0.25, 0.3) is 0 Å². The van der Waals surface area contributed by atoms with Crippen molar-refractivity contribution < 1.29 is 0 Å². The third kappa shape index (κ3) is 2.99. The molecule has 0 spiro atoms. The van der Waals surface area contributed by atoms with Crippen LogP contribution < -0.4 is 10.2 Å². The zero-order chi connectivity index (χ0) is 13.9. The molecule has 0 aliphatic carbocycles. The highest BCUT2D eigenvalue weighted by molar-refractivity contribution is 9.10. The highest BCUT2D eigenvalue weighted by atomic mass is 79.9. The van der Waals surface area contributed by atoms with Gasteiger partial charge in [-0.2, -0.15) is 0 Å². The van der Waals surface area contributed by atoms with Gasteiger partial charge in [-0.15, -0.1) is 0 Å². The molecule has 1 heterocycles. The van der Waals surface area contributed by atoms with Crippen LogP contribution in [0.1, 0.15) is 19.8 Å². The van der Waals surface area contributed by atoms with Gasteiger partial charge in [-0.05, 0) is 54.4 Å². The Morgan fingerprint density at radius 1 is 1.20 bits per heavy atom. The Morgan fingerprint density at radius 2 is 2.00 bits per heavy atom. The van der Waals surface area contributed by atoms with Crippen LogP contribution >= 0.6 is 15.9 Å². The Balaban J connectivity index is 1.90. The summed E-state index contributed by atoms with van der Waals surface area (Å²) in [5.74, 6) is 0. The van der Waals surface area contributed by atoms with Crippen LogP contribution in [0, 0.1) is 0 Å². The molecule has 0 radical (unpaired) electrons. The van der Waals surface area contributed by atoms with Gasteiger partial charge in [-0.3, -0.25) is 0 Å². The second-order valence-corrected chi connectivity index (χ2v) is 6.45. The van der Waals surface area contributed by atoms with E-state index in [1.54, 1.807) is 0 Å². The first-order valence-corrected chi connectivity index (χ1v) is 8.23. The summed E-state index contributed by atoms with van der Waals surface area (Å²) in [5, 5.41) is 6.24. The number of hydrogen-bond acceptors (Lipinski definition) is 2. The predicted octanol–water partition coefficient (Wildman–Crippen LogP) is 4.18. The van der Waals surface area contributed by atoms with Crippen molar-refractivity contribution in [2.75, 3.05) is 24.5 Å². The summed E-state index contributed by atoms with van der Waals surface area (Å²) in [5.41, 5.74) is 1.35. The summed E-state index contributed by atoms with van der Waals surface area (Å²) < 4.78 is 1.14. The number of rotatable bonds is 2. The van der Waals surface area contributed by atoms with E-state index in [4.69, 9.17) is 0 Å². The summed E-state index contributed by atoms with van der Waals surface area (Å²) in [6, 6.07) is 13.9. The molecular weight excluding hydrogens is 312 g/mol. The van der Waals surface area contributed by atoms with Gasteiger partial charge in [0.2, 0.25) is 0 Å². The quantitative estimate of drug-likeness (QED) is 0.887. The number of nitrogens with one attached hydrogen (secondary N) is 1. The molecule has 0 aromatic heterocycles. The van der Waals surface area contributed by atoms with Gasteiger partial charge in [0, 0.05) is 29.3 Å². The van der Waals surface area contributed by atoms with Gasteiger partial charge in [0.15, 0.2) is 0 Å². The molecule has 0 bridgehead atoms. The smallest absolute Gasteiger partial charge is 0.0373 e. The van der Waals surface area contributed by atoms with E-state index in [2.05, 4.69) is 69.5 Å². The second kappa shape index (κ2) is 6.15. The minimum atomic E-state index is 0.609. The van der Waals surface area contributed by atoms with E-state index in [0.717, 1.165) is 24.1 Å². The van der Waals surface area contributed by atoms with Crippen molar-refractivity contribution >= 4 is 32.4 Å². The van der Waals surface area contributed by atoms with Crippen molar-refractivity contribution in [1.29, 1.82) is 0 Å². The fourth-order valence-corrected chi connectivity index (χ4v) is 3.29. The van der Waals surface area contributed by atoms with Gasteiger partial charge in [0.05, 0.1) is 0 Å². The van der Waals surface area contributed by atoms with Crippen molar-refractivity contribution in [2.45, 2.75) is 25.8 Å². The van der Waals surface area contributed by atoms with Gasteiger partial charge < -0.3 is 10.2 Å². The lowest BCUT2D eigenvalue weighted by Gasteiger charge is -2.26. The molecule has 3 heteroatoms. The molecule has 1 saturated heterocycles. The topological polar surface area (TPSA) is 15.3 Å². The molecule has 106 valence electrons. The Labute approximate surface area is 129 Å². The first-order chi connectivity index (χ1) is 9.76. The van der Waals surface area contributed by atoms with E-state index in [1.807, 2.05) is 0 Å². The second-order valence-electron chi connectivity index (χ2n) is 5.53. The molecule has 20 heavy (non-hydrogen) atoms. The lowest BCUT2D eigenvalue weighted by Crippen LogP contribution is -2.37. The standard InChI is InChI=1S/C17H21BrN2/c1-2-16-12-20(9-3-8-19-16)17-7-5-13-10-15(18)6-4-14(13)11-17/h4-7,10-11,16,19H,2-3,8-9,12H2,1H3. The van der Waals surface area contributed by atoms with E-state index in [-0.39, 0.29) is 0 Å². The molecule has 1 unspecified atom stereocenters. The number of nitrogens with zero attached hydrogens (tertiary/aromatic N) is 1. The van der Waals surface area contributed by atoms with Crippen molar-refractivity contribution in [3.05, 3.63) is 40.9 Å². The van der Waals surface area contributed by atoms with E-state index < -0.39 is 0 Å². The van der Waals surface area contributed by atoms with E-state index in [9.17, 15) is 0 Å². The number of hydrogen-bond donors (Lipinski definition) is 1. The van der Waals surface area contributed by atoms with Crippen LogP contribution in [0.5, 0.6) is 0 Å².